The van der Waals surface area contributed by atoms with E-state index in [-0.39, 0.29) is 17.9 Å². The molecule has 2 aromatic rings. The average Bonchev–Trinajstić information content (AvgIpc) is 3.05. The molecule has 0 aliphatic carbocycles. The van der Waals surface area contributed by atoms with Crippen LogP contribution in [0.1, 0.15) is 48.2 Å². The number of nitrogens with zero attached hydrogens (tertiary/aromatic N) is 3. The second-order valence-corrected chi connectivity index (χ2v) is 7.00. The normalized spacial score (nSPS) is 14.1. The van der Waals surface area contributed by atoms with Gasteiger partial charge in [0.1, 0.15) is 0 Å². The van der Waals surface area contributed by atoms with Crippen LogP contribution >= 0.6 is 0 Å². The molecule has 1 fully saturated rings. The molecule has 0 bridgehead atoms. The summed E-state index contributed by atoms with van der Waals surface area (Å²) in [4.78, 5) is 32.5. The van der Waals surface area contributed by atoms with Crippen molar-refractivity contribution in [2.24, 2.45) is 0 Å². The number of aromatic nitrogens is 1. The van der Waals surface area contributed by atoms with Crippen LogP contribution in [0.15, 0.2) is 48.8 Å². The van der Waals surface area contributed by atoms with Crippen molar-refractivity contribution < 1.29 is 9.59 Å². The molecule has 0 radical (unpaired) electrons. The molecule has 1 aromatic carbocycles. The number of carbonyl (C=O) groups excluding carboxylic acids is 2. The minimum Gasteiger partial charge on any atom is -0.338 e. The van der Waals surface area contributed by atoms with Gasteiger partial charge in [-0.25, -0.2) is 0 Å². The van der Waals surface area contributed by atoms with E-state index in [0.717, 1.165) is 24.1 Å². The van der Waals surface area contributed by atoms with Crippen molar-refractivity contribution >= 4 is 11.8 Å². The first-order valence-corrected chi connectivity index (χ1v) is 9.11. The average molecular weight is 351 g/mol. The summed E-state index contributed by atoms with van der Waals surface area (Å²) in [5.74, 6) is 0.222. The molecular formula is C21H25N3O2. The summed E-state index contributed by atoms with van der Waals surface area (Å²) >= 11 is 0. The predicted molar refractivity (Wildman–Crippen MR) is 100 cm³/mol. The lowest BCUT2D eigenvalue weighted by Gasteiger charge is -2.27. The van der Waals surface area contributed by atoms with Gasteiger partial charge in [0.2, 0.25) is 5.91 Å². The van der Waals surface area contributed by atoms with E-state index in [4.69, 9.17) is 0 Å². The SMILES string of the molecule is CC(C)N(Cc1cccnc1)C(=O)c1ccc(CN2CCCC2=O)cc1. The maximum atomic E-state index is 12.9. The van der Waals surface area contributed by atoms with Gasteiger partial charge in [-0.1, -0.05) is 18.2 Å². The summed E-state index contributed by atoms with van der Waals surface area (Å²) in [6.45, 7) is 6.01. The molecule has 0 N–H and O–H groups in total. The highest BCUT2D eigenvalue weighted by molar-refractivity contribution is 5.94. The van der Waals surface area contributed by atoms with Crippen LogP contribution in [0, 0.1) is 0 Å². The van der Waals surface area contributed by atoms with E-state index in [1.54, 1.807) is 12.4 Å². The molecule has 1 aliphatic heterocycles. The van der Waals surface area contributed by atoms with Crippen LogP contribution in [-0.2, 0) is 17.9 Å². The zero-order valence-electron chi connectivity index (χ0n) is 15.4. The predicted octanol–water partition coefficient (Wildman–Crippen LogP) is 3.25. The van der Waals surface area contributed by atoms with Gasteiger partial charge in [-0.3, -0.25) is 14.6 Å². The highest BCUT2D eigenvalue weighted by Crippen LogP contribution is 2.17. The Hall–Kier alpha value is -2.69. The van der Waals surface area contributed by atoms with Gasteiger partial charge < -0.3 is 9.80 Å². The maximum Gasteiger partial charge on any atom is 0.254 e. The Bertz CT molecular complexity index is 757. The molecular weight excluding hydrogens is 326 g/mol. The number of hydrogen-bond donors (Lipinski definition) is 0. The number of rotatable bonds is 6. The highest BCUT2D eigenvalue weighted by Gasteiger charge is 2.21. The number of pyridine rings is 1. The van der Waals surface area contributed by atoms with Crippen molar-refractivity contribution in [1.82, 2.24) is 14.8 Å². The van der Waals surface area contributed by atoms with E-state index >= 15 is 0 Å². The smallest absolute Gasteiger partial charge is 0.254 e. The standard InChI is InChI=1S/C21H25N3O2/c1-16(2)24(15-18-5-3-11-22-13-18)21(26)19-9-7-17(8-10-19)14-23-12-4-6-20(23)25/h3,5,7-11,13,16H,4,6,12,14-15H2,1-2H3. The maximum absolute atomic E-state index is 12.9. The molecule has 3 rings (SSSR count). The van der Waals surface area contributed by atoms with E-state index in [1.807, 2.05) is 60.0 Å². The molecule has 1 aliphatic rings. The Morgan fingerprint density at radius 3 is 2.54 bits per heavy atom. The van der Waals surface area contributed by atoms with Crippen molar-refractivity contribution in [3.63, 3.8) is 0 Å². The Labute approximate surface area is 154 Å². The molecule has 5 nitrogen and oxygen atoms in total. The fourth-order valence-corrected chi connectivity index (χ4v) is 3.19. The summed E-state index contributed by atoms with van der Waals surface area (Å²) in [6.07, 6.45) is 5.11. The summed E-state index contributed by atoms with van der Waals surface area (Å²) in [7, 11) is 0. The van der Waals surface area contributed by atoms with Crippen LogP contribution in [-0.4, -0.2) is 39.2 Å². The monoisotopic (exact) mass is 351 g/mol. The van der Waals surface area contributed by atoms with Crippen molar-refractivity contribution in [2.75, 3.05) is 6.54 Å². The summed E-state index contributed by atoms with van der Waals surface area (Å²) < 4.78 is 0. The van der Waals surface area contributed by atoms with Crippen LogP contribution < -0.4 is 0 Å². The molecule has 0 atom stereocenters. The molecule has 5 heteroatoms. The Morgan fingerprint density at radius 1 is 1.19 bits per heavy atom. The molecule has 26 heavy (non-hydrogen) atoms. The lowest BCUT2D eigenvalue weighted by atomic mass is 10.1. The zero-order valence-corrected chi connectivity index (χ0v) is 15.4. The fraction of sp³-hybridized carbons (Fsp3) is 0.381. The van der Waals surface area contributed by atoms with Crippen molar-refractivity contribution in [3.05, 3.63) is 65.5 Å². The topological polar surface area (TPSA) is 53.5 Å². The number of carbonyl (C=O) groups is 2. The molecule has 0 unspecified atom stereocenters. The first kappa shape index (κ1) is 18.1. The summed E-state index contributed by atoms with van der Waals surface area (Å²) in [5, 5.41) is 0. The first-order valence-electron chi connectivity index (χ1n) is 9.11. The Balaban J connectivity index is 1.69. The quantitative estimate of drug-likeness (QED) is 0.803. The lowest BCUT2D eigenvalue weighted by molar-refractivity contribution is -0.128. The van der Waals surface area contributed by atoms with Crippen LogP contribution in [0.4, 0.5) is 0 Å². The minimum atomic E-state index is 0.00709. The molecule has 1 aromatic heterocycles. The summed E-state index contributed by atoms with van der Waals surface area (Å²) in [5.41, 5.74) is 2.73. The number of likely N-dealkylation sites (tertiary alicyclic amines) is 1. The van der Waals surface area contributed by atoms with Gasteiger partial charge in [-0.15, -0.1) is 0 Å². The first-order chi connectivity index (χ1) is 12.5. The largest absolute Gasteiger partial charge is 0.338 e. The van der Waals surface area contributed by atoms with Crippen LogP contribution in [0.5, 0.6) is 0 Å². The van der Waals surface area contributed by atoms with E-state index in [2.05, 4.69) is 4.98 Å². The number of amides is 2. The molecule has 0 saturated carbocycles. The molecule has 1 saturated heterocycles. The molecule has 0 spiro atoms. The van der Waals surface area contributed by atoms with E-state index in [0.29, 0.717) is 25.1 Å². The van der Waals surface area contributed by atoms with E-state index < -0.39 is 0 Å². The fourth-order valence-electron chi connectivity index (χ4n) is 3.19. The van der Waals surface area contributed by atoms with Gasteiger partial charge in [-0.05, 0) is 49.6 Å². The minimum absolute atomic E-state index is 0.00709. The second kappa shape index (κ2) is 8.13. The van der Waals surface area contributed by atoms with Crippen molar-refractivity contribution in [2.45, 2.75) is 45.8 Å². The van der Waals surface area contributed by atoms with Gasteiger partial charge in [0.05, 0.1) is 0 Å². The van der Waals surface area contributed by atoms with Gasteiger partial charge in [-0.2, -0.15) is 0 Å². The Kier molecular flexibility index (Phi) is 5.66. The van der Waals surface area contributed by atoms with E-state index in [1.165, 1.54) is 0 Å². The van der Waals surface area contributed by atoms with Crippen molar-refractivity contribution in [3.8, 4) is 0 Å². The van der Waals surface area contributed by atoms with Gasteiger partial charge in [0.15, 0.2) is 0 Å². The van der Waals surface area contributed by atoms with Gasteiger partial charge in [0.25, 0.3) is 5.91 Å². The van der Waals surface area contributed by atoms with Crippen molar-refractivity contribution in [1.29, 1.82) is 0 Å². The zero-order chi connectivity index (χ0) is 18.5. The van der Waals surface area contributed by atoms with Crippen LogP contribution in [0.3, 0.4) is 0 Å². The van der Waals surface area contributed by atoms with E-state index in [9.17, 15) is 9.59 Å². The second-order valence-electron chi connectivity index (χ2n) is 7.00. The van der Waals surface area contributed by atoms with Gasteiger partial charge in [0, 0.05) is 50.1 Å². The third kappa shape index (κ3) is 4.28. The molecule has 136 valence electrons. The molecule has 2 amide bonds. The van der Waals surface area contributed by atoms with Gasteiger partial charge >= 0.3 is 0 Å². The van der Waals surface area contributed by atoms with Crippen LogP contribution in [0.25, 0.3) is 0 Å². The Morgan fingerprint density at radius 2 is 1.96 bits per heavy atom. The third-order valence-corrected chi connectivity index (χ3v) is 4.71. The number of benzene rings is 1. The molecule has 2 heterocycles. The highest BCUT2D eigenvalue weighted by atomic mass is 16.2. The summed E-state index contributed by atoms with van der Waals surface area (Å²) in [6, 6.07) is 11.6. The third-order valence-electron chi connectivity index (χ3n) is 4.71. The number of hydrogen-bond acceptors (Lipinski definition) is 3. The lowest BCUT2D eigenvalue weighted by Crippen LogP contribution is -2.36. The van der Waals surface area contributed by atoms with Crippen LogP contribution in [0.2, 0.25) is 0 Å².